The summed E-state index contributed by atoms with van der Waals surface area (Å²) in [6.45, 7) is 1.08. The summed E-state index contributed by atoms with van der Waals surface area (Å²) in [6.07, 6.45) is 0. The SMILES string of the molecule is Brc1ccc(-c2ccc(Br)cc2)cc1.C.CC(=O)O.Ic1ccc2c(c1)c1ccccc1n2-c1ccccc1.Ic1ccccc1.Nc1ccccc1.[B].c1ccc(-n2c3ccccc3c3ccccc32)cc1.c1ccc(Nc2ccc(-c3ccc(Nc4ccccc4)cc3)cc2)cc1.c1ccc2c(c1)[nH]c1ccccc12. The molecule has 0 fully saturated rings. The van der Waals surface area contributed by atoms with Crippen molar-refractivity contribution in [3.05, 3.63) is 435 Å². The van der Waals surface area contributed by atoms with Crippen LogP contribution in [-0.2, 0) is 4.79 Å². The number of halogens is 4. The first kappa shape index (κ1) is 82.8. The van der Waals surface area contributed by atoms with Gasteiger partial charge in [-0.3, -0.25) is 4.79 Å². The van der Waals surface area contributed by atoms with E-state index in [1.165, 1.54) is 106 Å². The normalized spacial score (nSPS) is 10.2. The van der Waals surface area contributed by atoms with Crippen LogP contribution in [0, 0.1) is 7.14 Å². The van der Waals surface area contributed by atoms with Gasteiger partial charge in [0.05, 0.1) is 22.1 Å². The third-order valence-electron chi connectivity index (χ3n) is 17.4. The Labute approximate surface area is 701 Å². The molecule has 3 aromatic heterocycles. The smallest absolute Gasteiger partial charge is 0.300 e. The number of carbonyl (C=O) groups is 1. The van der Waals surface area contributed by atoms with Crippen molar-refractivity contribution in [1.82, 2.24) is 14.1 Å². The van der Waals surface area contributed by atoms with Crippen molar-refractivity contribution in [2.75, 3.05) is 16.4 Å². The molecule has 0 unspecified atom stereocenters. The van der Waals surface area contributed by atoms with Crippen LogP contribution >= 0.6 is 77.0 Å². The van der Waals surface area contributed by atoms with Gasteiger partial charge in [0, 0.05) is 115 Å². The van der Waals surface area contributed by atoms with E-state index in [4.69, 9.17) is 15.6 Å². The molecule has 112 heavy (non-hydrogen) atoms. The lowest BCUT2D eigenvalue weighted by Gasteiger charge is -2.09. The second-order valence-electron chi connectivity index (χ2n) is 25.1. The van der Waals surface area contributed by atoms with E-state index >= 15 is 0 Å². The second kappa shape index (κ2) is 42.5. The summed E-state index contributed by atoms with van der Waals surface area (Å²) in [5, 5.41) is 22.1. The fourth-order valence-electron chi connectivity index (χ4n) is 12.4. The number of hydrogen-bond donors (Lipinski definition) is 5. The van der Waals surface area contributed by atoms with Gasteiger partial charge >= 0.3 is 0 Å². The Hall–Kier alpha value is -11.7. The van der Waals surface area contributed by atoms with E-state index in [9.17, 15) is 0 Å². The lowest BCUT2D eigenvalue weighted by molar-refractivity contribution is -0.134. The van der Waals surface area contributed by atoms with Crippen LogP contribution in [0.2, 0.25) is 0 Å². The molecule has 0 bridgehead atoms. The summed E-state index contributed by atoms with van der Waals surface area (Å²) in [5.41, 5.74) is 25.3. The molecule has 0 saturated carbocycles. The lowest BCUT2D eigenvalue weighted by Crippen LogP contribution is -1.92. The quantitative estimate of drug-likeness (QED) is 0.0591. The van der Waals surface area contributed by atoms with E-state index in [-0.39, 0.29) is 15.8 Å². The zero-order valence-electron chi connectivity index (χ0n) is 60.8. The largest absolute Gasteiger partial charge is 0.481 e. The molecule has 13 heteroatoms. The predicted molar refractivity (Wildman–Crippen MR) is 504 cm³/mol. The number of nitrogens with one attached hydrogen (secondary N) is 3. The summed E-state index contributed by atoms with van der Waals surface area (Å²) in [4.78, 5) is 12.4. The van der Waals surface area contributed by atoms with Gasteiger partial charge < -0.3 is 35.6 Å². The summed E-state index contributed by atoms with van der Waals surface area (Å²) >= 11 is 11.5. The molecule has 0 aliphatic rings. The Morgan fingerprint density at radius 3 is 0.920 bits per heavy atom. The van der Waals surface area contributed by atoms with Gasteiger partial charge in [0.25, 0.3) is 5.97 Å². The maximum Gasteiger partial charge on any atom is 0.300 e. The van der Waals surface area contributed by atoms with Crippen LogP contribution in [0.5, 0.6) is 0 Å². The lowest BCUT2D eigenvalue weighted by atomic mass is 10.0. The number of H-pyrrole nitrogens is 1. The number of fused-ring (bicyclic) bond motifs is 9. The van der Waals surface area contributed by atoms with Crippen LogP contribution in [0.25, 0.3) is 99.0 Å². The van der Waals surface area contributed by atoms with E-state index in [2.05, 4.69) is 435 Å². The number of anilines is 5. The number of aromatic nitrogens is 3. The number of nitrogens with two attached hydrogens (primary N) is 1. The number of carboxylic acid groups (broad SMARTS) is 1. The van der Waals surface area contributed by atoms with Crippen molar-refractivity contribution >= 4 is 185 Å². The van der Waals surface area contributed by atoms with Gasteiger partial charge in [-0.05, 0) is 237 Å². The van der Waals surface area contributed by atoms with E-state index in [0.29, 0.717) is 0 Å². The molecule has 0 aliphatic heterocycles. The van der Waals surface area contributed by atoms with Crippen LogP contribution in [0.1, 0.15) is 14.4 Å². The highest BCUT2D eigenvalue weighted by atomic mass is 127. The molecule has 0 aliphatic carbocycles. The minimum Gasteiger partial charge on any atom is -0.481 e. The van der Waals surface area contributed by atoms with E-state index in [1.54, 1.807) is 0 Å². The first-order valence-electron chi connectivity index (χ1n) is 35.7. The zero-order valence-corrected chi connectivity index (χ0v) is 68.2. The maximum absolute atomic E-state index is 9.00. The molecule has 6 N–H and O–H groups in total. The number of para-hydroxylation sites is 10. The molecule has 3 heterocycles. The fourth-order valence-corrected chi connectivity index (χ4v) is 13.8. The first-order chi connectivity index (χ1) is 53.9. The number of aromatic amines is 1. The van der Waals surface area contributed by atoms with Gasteiger partial charge in [0.15, 0.2) is 0 Å². The van der Waals surface area contributed by atoms with Crippen molar-refractivity contribution in [1.29, 1.82) is 0 Å². The van der Waals surface area contributed by atoms with Gasteiger partial charge in [0.2, 0.25) is 0 Å². The molecule has 551 valence electrons. The number of carboxylic acids is 1. The van der Waals surface area contributed by atoms with E-state index < -0.39 is 5.97 Å². The molecule has 19 aromatic rings. The summed E-state index contributed by atoms with van der Waals surface area (Å²) in [5.74, 6) is -0.833. The van der Waals surface area contributed by atoms with Crippen molar-refractivity contribution in [3.63, 3.8) is 0 Å². The minimum absolute atomic E-state index is 0. The summed E-state index contributed by atoms with van der Waals surface area (Å²) < 4.78 is 9.44. The molecule has 0 saturated heterocycles. The van der Waals surface area contributed by atoms with Gasteiger partial charge in [-0.1, -0.05) is 288 Å². The number of aliphatic carboxylic acids is 1. The average Bonchev–Trinajstić information content (AvgIpc) is 1.61. The van der Waals surface area contributed by atoms with Crippen LogP contribution in [0.15, 0.2) is 428 Å². The number of hydrogen-bond acceptors (Lipinski definition) is 4. The third-order valence-corrected chi connectivity index (χ3v) is 19.9. The highest BCUT2D eigenvalue weighted by Gasteiger charge is 2.13. The zero-order chi connectivity index (χ0) is 76.2. The molecule has 8 nitrogen and oxygen atoms in total. The number of nitrogen functional groups attached to an aromatic ring is 1. The highest BCUT2D eigenvalue weighted by Crippen LogP contribution is 2.35. The average molecular weight is 1810 g/mol. The Bertz CT molecular complexity index is 5770. The summed E-state index contributed by atoms with van der Waals surface area (Å²) in [7, 11) is 0. The highest BCUT2D eigenvalue weighted by molar-refractivity contribution is 14.1. The molecule has 16 aromatic carbocycles. The van der Waals surface area contributed by atoms with Crippen LogP contribution < -0.4 is 16.4 Å². The number of rotatable bonds is 8. The molecule has 3 radical (unpaired) electrons. The Kier molecular flexibility index (Phi) is 31.4. The van der Waals surface area contributed by atoms with Crippen molar-refractivity contribution < 1.29 is 9.90 Å². The molecule has 0 atom stereocenters. The fraction of sp³-hybridized carbons (Fsp3) is 0.0202. The van der Waals surface area contributed by atoms with Crippen molar-refractivity contribution in [3.8, 4) is 33.6 Å². The van der Waals surface area contributed by atoms with Gasteiger partial charge in [-0.2, -0.15) is 0 Å². The Balaban J connectivity index is 0.000000142. The Morgan fingerprint density at radius 1 is 0.321 bits per heavy atom. The second-order valence-corrected chi connectivity index (χ2v) is 29.5. The monoisotopic (exact) mass is 1810 g/mol. The van der Waals surface area contributed by atoms with E-state index in [0.717, 1.165) is 44.3 Å². The summed E-state index contributed by atoms with van der Waals surface area (Å²) in [6, 6.07) is 144. The van der Waals surface area contributed by atoms with Crippen molar-refractivity contribution in [2.45, 2.75) is 14.4 Å². The van der Waals surface area contributed by atoms with E-state index in [1.807, 2.05) is 84.9 Å². The third kappa shape index (κ3) is 23.2. The standard InChI is InChI=1S/C24H20N2.C18H12IN.C18H13N.C12H8Br2.C12H9N.C6H5I.C6H7N.C2H4O2.CH4.B/c1-3-7-21(8-4-1)25-23-15-11-19(12-16-23)20-13-17-24(18-14-20)26-22-9-5-2-6-10-22;19-13-10-11-18-16(12-13)15-8-4-5-9-17(15)20(18)14-6-2-1-3-7-14;1-2-8-14(9-3-1)19-17-12-6-4-10-15(17)16-11-5-7-13-18(16)19;13-11-5-1-9(2-6-11)10-3-7-12(14)8-4-10;1-3-7-11-9(5-1)10-6-2-4-8-12(10)13-11;2*7-6-4-2-1-3-5-6;1-2(3)4;;/h1-18,25-26H;1-12H;1-13H;1-8H;1-8,13H;1-5H;1-5H,7H2;1H3,(H,3,4);1H4;. The van der Waals surface area contributed by atoms with Gasteiger partial charge in [-0.15, -0.1) is 0 Å². The van der Waals surface area contributed by atoms with Crippen LogP contribution in [0.3, 0.4) is 0 Å². The molecule has 0 amide bonds. The number of nitrogens with zero attached hydrogens (tertiary/aromatic N) is 2. The molecular weight excluding hydrogens is 1730 g/mol. The van der Waals surface area contributed by atoms with Gasteiger partial charge in [-0.25, -0.2) is 0 Å². The first-order valence-corrected chi connectivity index (χ1v) is 39.4. The van der Waals surface area contributed by atoms with Crippen molar-refractivity contribution in [2.24, 2.45) is 0 Å². The molecule has 19 rings (SSSR count). The minimum atomic E-state index is -0.833. The topological polar surface area (TPSA) is 113 Å². The molecule has 0 spiro atoms. The van der Waals surface area contributed by atoms with Gasteiger partial charge in [0.1, 0.15) is 0 Å². The van der Waals surface area contributed by atoms with Crippen LogP contribution in [0.4, 0.5) is 28.4 Å². The number of benzene rings is 16. The predicted octanol–water partition coefficient (Wildman–Crippen LogP) is 29.1. The maximum atomic E-state index is 9.00. The Morgan fingerprint density at radius 2 is 0.589 bits per heavy atom. The molecular formula is C99H82BBr2I2N6O2. The van der Waals surface area contributed by atoms with Crippen LogP contribution in [-0.4, -0.2) is 33.6 Å².